The van der Waals surface area contributed by atoms with Gasteiger partial charge in [0.05, 0.1) is 13.3 Å². The van der Waals surface area contributed by atoms with Gasteiger partial charge in [-0.3, -0.25) is 4.72 Å². The SMILES string of the molecule is COc1ccc(-c2cnn3c(C)cc(C)nc23)cc1S(=O)(=O)Nc1cccc(C(C)C)c1. The first kappa shape index (κ1) is 21.8. The summed E-state index contributed by atoms with van der Waals surface area (Å²) in [7, 11) is -2.45. The monoisotopic (exact) mass is 450 g/mol. The minimum atomic E-state index is -3.90. The molecule has 4 rings (SSSR count). The molecule has 0 atom stereocenters. The lowest BCUT2D eigenvalue weighted by Gasteiger charge is -2.14. The van der Waals surface area contributed by atoms with Crippen LogP contribution in [0.1, 0.15) is 36.7 Å². The minimum Gasteiger partial charge on any atom is -0.495 e. The molecule has 1 N–H and O–H groups in total. The maximum Gasteiger partial charge on any atom is 0.265 e. The summed E-state index contributed by atoms with van der Waals surface area (Å²) in [6, 6.07) is 14.4. The van der Waals surface area contributed by atoms with Crippen LogP contribution in [0.25, 0.3) is 16.8 Å². The molecule has 0 spiro atoms. The molecule has 32 heavy (non-hydrogen) atoms. The molecule has 0 radical (unpaired) electrons. The number of anilines is 1. The van der Waals surface area contributed by atoms with Gasteiger partial charge in [0.15, 0.2) is 5.65 Å². The lowest BCUT2D eigenvalue weighted by molar-refractivity contribution is 0.403. The van der Waals surface area contributed by atoms with E-state index in [-0.39, 0.29) is 16.6 Å². The van der Waals surface area contributed by atoms with Gasteiger partial charge in [-0.15, -0.1) is 0 Å². The molecule has 0 saturated carbocycles. The van der Waals surface area contributed by atoms with Crippen LogP contribution < -0.4 is 9.46 Å². The number of sulfonamides is 1. The van der Waals surface area contributed by atoms with Gasteiger partial charge >= 0.3 is 0 Å². The summed E-state index contributed by atoms with van der Waals surface area (Å²) in [6.45, 7) is 8.00. The molecule has 0 fully saturated rings. The van der Waals surface area contributed by atoms with Crippen LogP contribution in [0.4, 0.5) is 5.69 Å². The number of benzene rings is 2. The molecule has 2 aromatic carbocycles. The van der Waals surface area contributed by atoms with Crippen LogP contribution in [-0.2, 0) is 10.0 Å². The molecule has 0 aliphatic heterocycles. The van der Waals surface area contributed by atoms with Gasteiger partial charge in [-0.1, -0.05) is 32.0 Å². The molecule has 0 bridgehead atoms. The third kappa shape index (κ3) is 4.05. The molecule has 0 amide bonds. The van der Waals surface area contributed by atoms with Crippen molar-refractivity contribution < 1.29 is 13.2 Å². The third-order valence-electron chi connectivity index (χ3n) is 5.35. The average molecular weight is 451 g/mol. The molecule has 0 saturated heterocycles. The Labute approximate surface area is 188 Å². The maximum absolute atomic E-state index is 13.3. The van der Waals surface area contributed by atoms with E-state index in [4.69, 9.17) is 4.74 Å². The van der Waals surface area contributed by atoms with E-state index < -0.39 is 10.0 Å². The van der Waals surface area contributed by atoms with Crippen molar-refractivity contribution >= 4 is 21.4 Å². The summed E-state index contributed by atoms with van der Waals surface area (Å²) < 4.78 is 36.5. The van der Waals surface area contributed by atoms with Crippen LogP contribution in [-0.4, -0.2) is 30.1 Å². The fourth-order valence-electron chi connectivity index (χ4n) is 3.70. The second kappa shape index (κ2) is 8.27. The zero-order valence-corrected chi connectivity index (χ0v) is 19.6. The number of fused-ring (bicyclic) bond motifs is 1. The van der Waals surface area contributed by atoms with Crippen molar-refractivity contribution in [3.8, 4) is 16.9 Å². The molecule has 166 valence electrons. The highest BCUT2D eigenvalue weighted by Gasteiger charge is 2.22. The third-order valence-corrected chi connectivity index (χ3v) is 6.75. The molecule has 7 nitrogen and oxygen atoms in total. The number of ether oxygens (including phenoxy) is 1. The Morgan fingerprint density at radius 1 is 1.06 bits per heavy atom. The fourth-order valence-corrected chi connectivity index (χ4v) is 4.95. The van der Waals surface area contributed by atoms with Crippen molar-refractivity contribution in [2.24, 2.45) is 0 Å². The molecule has 8 heteroatoms. The Hall–Kier alpha value is -3.39. The zero-order chi connectivity index (χ0) is 23.0. The second-order valence-corrected chi connectivity index (χ2v) is 9.73. The predicted molar refractivity (Wildman–Crippen MR) is 126 cm³/mol. The van der Waals surface area contributed by atoms with E-state index in [1.807, 2.05) is 44.2 Å². The molecule has 4 aromatic rings. The Balaban J connectivity index is 1.80. The smallest absolute Gasteiger partial charge is 0.265 e. The van der Waals surface area contributed by atoms with E-state index in [1.54, 1.807) is 28.9 Å². The summed E-state index contributed by atoms with van der Waals surface area (Å²) in [4.78, 5) is 4.66. The number of hydrogen-bond acceptors (Lipinski definition) is 5. The van der Waals surface area contributed by atoms with E-state index in [2.05, 4.69) is 28.7 Å². The van der Waals surface area contributed by atoms with Gasteiger partial charge in [0.1, 0.15) is 10.6 Å². The van der Waals surface area contributed by atoms with Crippen LogP contribution >= 0.6 is 0 Å². The van der Waals surface area contributed by atoms with Gasteiger partial charge in [0, 0.05) is 22.6 Å². The van der Waals surface area contributed by atoms with Crippen LogP contribution in [0, 0.1) is 13.8 Å². The van der Waals surface area contributed by atoms with Gasteiger partial charge in [-0.05, 0) is 61.2 Å². The van der Waals surface area contributed by atoms with Gasteiger partial charge in [0.2, 0.25) is 0 Å². The standard InChI is InChI=1S/C24H26N4O3S/c1-15(2)18-7-6-8-20(12-18)27-32(29,30)23-13-19(9-10-22(23)31-5)21-14-25-28-17(4)11-16(3)26-24(21)28/h6-15,27H,1-5H3. The van der Waals surface area contributed by atoms with Crippen LogP contribution in [0.2, 0.25) is 0 Å². The number of methoxy groups -OCH3 is 1. The first-order chi connectivity index (χ1) is 15.2. The van der Waals surface area contributed by atoms with Crippen LogP contribution in [0.5, 0.6) is 5.75 Å². The largest absolute Gasteiger partial charge is 0.495 e. The summed E-state index contributed by atoms with van der Waals surface area (Å²) in [6.07, 6.45) is 1.70. The van der Waals surface area contributed by atoms with Crippen molar-refractivity contribution in [3.05, 3.63) is 71.7 Å². The highest BCUT2D eigenvalue weighted by molar-refractivity contribution is 7.92. The van der Waals surface area contributed by atoms with Crippen molar-refractivity contribution in [1.29, 1.82) is 0 Å². The minimum absolute atomic E-state index is 0.0520. The van der Waals surface area contributed by atoms with E-state index in [1.165, 1.54) is 7.11 Å². The summed E-state index contributed by atoms with van der Waals surface area (Å²) in [5, 5.41) is 4.42. The predicted octanol–water partition coefficient (Wildman–Crippen LogP) is 4.95. The number of aryl methyl sites for hydroxylation is 2. The Morgan fingerprint density at radius 2 is 1.84 bits per heavy atom. The fraction of sp³-hybridized carbons (Fsp3) is 0.250. The molecule has 0 aliphatic carbocycles. The molecular weight excluding hydrogens is 424 g/mol. The quantitative estimate of drug-likeness (QED) is 0.449. The van der Waals surface area contributed by atoms with Crippen molar-refractivity contribution in [3.63, 3.8) is 0 Å². The maximum atomic E-state index is 13.3. The Kier molecular flexibility index (Phi) is 5.64. The van der Waals surface area contributed by atoms with Gasteiger partial charge < -0.3 is 4.74 Å². The van der Waals surface area contributed by atoms with Crippen molar-refractivity contribution in [1.82, 2.24) is 14.6 Å². The van der Waals surface area contributed by atoms with Gasteiger partial charge in [-0.2, -0.15) is 5.10 Å². The lowest BCUT2D eigenvalue weighted by Crippen LogP contribution is -2.14. The molecular formula is C24H26N4O3S. The van der Waals surface area contributed by atoms with E-state index in [0.29, 0.717) is 16.9 Å². The zero-order valence-electron chi connectivity index (χ0n) is 18.7. The second-order valence-electron chi connectivity index (χ2n) is 8.08. The normalized spacial score (nSPS) is 11.8. The number of nitrogens with zero attached hydrogens (tertiary/aromatic N) is 3. The topological polar surface area (TPSA) is 85.6 Å². The number of aromatic nitrogens is 3. The first-order valence-electron chi connectivity index (χ1n) is 10.3. The lowest BCUT2D eigenvalue weighted by atomic mass is 10.0. The molecule has 2 heterocycles. The van der Waals surface area contributed by atoms with Crippen LogP contribution in [0.15, 0.2) is 59.6 Å². The summed E-state index contributed by atoms with van der Waals surface area (Å²) in [5.74, 6) is 0.547. The molecule has 2 aromatic heterocycles. The number of hydrogen-bond donors (Lipinski definition) is 1. The van der Waals surface area contributed by atoms with Gasteiger partial charge in [0.25, 0.3) is 10.0 Å². The van der Waals surface area contributed by atoms with Crippen molar-refractivity contribution in [2.75, 3.05) is 11.8 Å². The highest BCUT2D eigenvalue weighted by atomic mass is 32.2. The van der Waals surface area contributed by atoms with Crippen molar-refractivity contribution in [2.45, 2.75) is 38.5 Å². The van der Waals surface area contributed by atoms with E-state index >= 15 is 0 Å². The number of nitrogens with one attached hydrogen (secondary N) is 1. The van der Waals surface area contributed by atoms with Crippen LogP contribution in [0.3, 0.4) is 0 Å². The average Bonchev–Trinajstić information content (AvgIpc) is 3.17. The highest BCUT2D eigenvalue weighted by Crippen LogP contribution is 2.33. The van der Waals surface area contributed by atoms with E-state index in [9.17, 15) is 8.42 Å². The Bertz CT molecular complexity index is 1410. The molecule has 0 unspecified atom stereocenters. The first-order valence-corrected chi connectivity index (χ1v) is 11.8. The van der Waals surface area contributed by atoms with Gasteiger partial charge in [-0.25, -0.2) is 17.9 Å². The number of rotatable bonds is 6. The summed E-state index contributed by atoms with van der Waals surface area (Å²) >= 11 is 0. The van der Waals surface area contributed by atoms with E-state index in [0.717, 1.165) is 22.5 Å². The molecule has 0 aliphatic rings. The summed E-state index contributed by atoms with van der Waals surface area (Å²) in [5.41, 5.74) is 5.49. The Morgan fingerprint density at radius 3 is 2.56 bits per heavy atom.